The number of nitro groups is 1. The van der Waals surface area contributed by atoms with E-state index < -0.39 is 4.92 Å². The lowest BCUT2D eigenvalue weighted by Crippen LogP contribution is -2.23. The lowest BCUT2D eigenvalue weighted by molar-refractivity contribution is -0.385. The molecule has 0 saturated carbocycles. The average Bonchev–Trinajstić information content (AvgIpc) is 2.68. The van der Waals surface area contributed by atoms with E-state index >= 15 is 0 Å². The maximum absolute atomic E-state index is 11.1. The monoisotopic (exact) mass is 433 g/mol. The number of phenolic OH excluding ortho intramolecular Hbond substituents is 2. The van der Waals surface area contributed by atoms with Crippen LogP contribution >= 0.6 is 23.2 Å². The summed E-state index contributed by atoms with van der Waals surface area (Å²) in [4.78, 5) is 16.7. The number of pyridine rings is 1. The van der Waals surface area contributed by atoms with Crippen LogP contribution in [0.5, 0.6) is 11.5 Å². The summed E-state index contributed by atoms with van der Waals surface area (Å²) in [5.74, 6) is -0.152. The van der Waals surface area contributed by atoms with Gasteiger partial charge in [-0.1, -0.05) is 29.3 Å². The zero-order chi connectivity index (χ0) is 21.0. The van der Waals surface area contributed by atoms with E-state index in [2.05, 4.69) is 4.98 Å². The van der Waals surface area contributed by atoms with Crippen molar-refractivity contribution in [3.8, 4) is 11.5 Å². The van der Waals surface area contributed by atoms with E-state index in [1.807, 2.05) is 17.0 Å². The molecular weight excluding hydrogens is 417 g/mol. The first-order valence-corrected chi connectivity index (χ1v) is 9.34. The Bertz CT molecular complexity index is 1030. The van der Waals surface area contributed by atoms with Crippen molar-refractivity contribution in [3.05, 3.63) is 91.7 Å². The number of rotatable bonds is 7. The lowest BCUT2D eigenvalue weighted by Gasteiger charge is -2.23. The Morgan fingerprint density at radius 1 is 1.00 bits per heavy atom. The van der Waals surface area contributed by atoms with Gasteiger partial charge in [0, 0.05) is 54.1 Å². The largest absolute Gasteiger partial charge is 0.508 e. The summed E-state index contributed by atoms with van der Waals surface area (Å²) in [5.41, 5.74) is 1.50. The van der Waals surface area contributed by atoms with Crippen molar-refractivity contribution in [1.29, 1.82) is 0 Å². The van der Waals surface area contributed by atoms with Crippen molar-refractivity contribution in [2.24, 2.45) is 0 Å². The Morgan fingerprint density at radius 3 is 2.45 bits per heavy atom. The molecule has 0 fully saturated rings. The molecule has 7 nitrogen and oxygen atoms in total. The van der Waals surface area contributed by atoms with Gasteiger partial charge in [0.2, 0.25) is 0 Å². The molecule has 3 aromatic rings. The van der Waals surface area contributed by atoms with E-state index in [4.69, 9.17) is 23.2 Å². The summed E-state index contributed by atoms with van der Waals surface area (Å²) >= 11 is 12.1. The Labute approximate surface area is 176 Å². The van der Waals surface area contributed by atoms with E-state index in [-0.39, 0.29) is 35.3 Å². The van der Waals surface area contributed by atoms with Crippen molar-refractivity contribution >= 4 is 28.9 Å². The molecule has 2 aromatic carbocycles. The third-order valence-electron chi connectivity index (χ3n) is 4.28. The van der Waals surface area contributed by atoms with Gasteiger partial charge in [-0.05, 0) is 30.3 Å². The van der Waals surface area contributed by atoms with Gasteiger partial charge in [-0.25, -0.2) is 0 Å². The Kier molecular flexibility index (Phi) is 6.53. The minimum Gasteiger partial charge on any atom is -0.508 e. The molecule has 0 bridgehead atoms. The van der Waals surface area contributed by atoms with Crippen molar-refractivity contribution in [1.82, 2.24) is 9.88 Å². The standard InChI is InChI=1S/C20H17Cl2N3O4/c21-15-7-14(20(27)18(22)9-15)11-24(12-16-3-1-2-6-23-16)10-13-8-17(25(28)29)4-5-19(13)26/h1-9,26-27H,10-12H2. The van der Waals surface area contributed by atoms with Gasteiger partial charge in [0.15, 0.2) is 0 Å². The van der Waals surface area contributed by atoms with E-state index in [0.29, 0.717) is 22.7 Å². The predicted molar refractivity (Wildman–Crippen MR) is 110 cm³/mol. The highest BCUT2D eigenvalue weighted by Crippen LogP contribution is 2.33. The molecule has 0 aliphatic carbocycles. The zero-order valence-corrected chi connectivity index (χ0v) is 16.6. The first-order valence-electron chi connectivity index (χ1n) is 8.59. The third kappa shape index (κ3) is 5.35. The third-order valence-corrected chi connectivity index (χ3v) is 4.79. The zero-order valence-electron chi connectivity index (χ0n) is 15.1. The second kappa shape index (κ2) is 9.09. The number of aromatic nitrogens is 1. The normalized spacial score (nSPS) is 11.0. The first kappa shape index (κ1) is 20.9. The van der Waals surface area contributed by atoms with Crippen LogP contribution in [0.1, 0.15) is 16.8 Å². The van der Waals surface area contributed by atoms with Crippen LogP contribution in [0.15, 0.2) is 54.7 Å². The Hall–Kier alpha value is -2.87. The molecule has 3 rings (SSSR count). The number of halogens is 2. The van der Waals surface area contributed by atoms with Crippen LogP contribution in [0.25, 0.3) is 0 Å². The fourth-order valence-corrected chi connectivity index (χ4v) is 3.46. The average molecular weight is 434 g/mol. The molecule has 150 valence electrons. The lowest BCUT2D eigenvalue weighted by atomic mass is 10.1. The Balaban J connectivity index is 1.94. The summed E-state index contributed by atoms with van der Waals surface area (Å²) in [5, 5.41) is 32.1. The minimum atomic E-state index is -0.519. The van der Waals surface area contributed by atoms with E-state index in [1.165, 1.54) is 24.3 Å². The fourth-order valence-electron chi connectivity index (χ4n) is 2.92. The van der Waals surface area contributed by atoms with Crippen LogP contribution in [-0.2, 0) is 19.6 Å². The van der Waals surface area contributed by atoms with Crippen molar-refractivity contribution in [2.75, 3.05) is 0 Å². The van der Waals surface area contributed by atoms with Gasteiger partial charge < -0.3 is 10.2 Å². The number of hydrogen-bond donors (Lipinski definition) is 2. The molecule has 0 radical (unpaired) electrons. The van der Waals surface area contributed by atoms with Crippen LogP contribution in [0.4, 0.5) is 5.69 Å². The van der Waals surface area contributed by atoms with Gasteiger partial charge in [-0.3, -0.25) is 20.0 Å². The maximum atomic E-state index is 11.1. The topological polar surface area (TPSA) is 99.7 Å². The second-order valence-electron chi connectivity index (χ2n) is 6.43. The highest BCUT2D eigenvalue weighted by molar-refractivity contribution is 6.35. The summed E-state index contributed by atoms with van der Waals surface area (Å²) in [6, 6.07) is 12.4. The van der Waals surface area contributed by atoms with Gasteiger partial charge in [0.1, 0.15) is 11.5 Å². The minimum absolute atomic E-state index is 0.0602. The second-order valence-corrected chi connectivity index (χ2v) is 7.28. The van der Waals surface area contributed by atoms with Crippen LogP contribution in [-0.4, -0.2) is 25.0 Å². The summed E-state index contributed by atoms with van der Waals surface area (Å²) in [7, 11) is 0. The number of phenols is 2. The number of aromatic hydroxyl groups is 2. The van der Waals surface area contributed by atoms with E-state index in [0.717, 1.165) is 5.69 Å². The summed E-state index contributed by atoms with van der Waals surface area (Å²) in [6.07, 6.45) is 1.66. The number of nitrogens with zero attached hydrogens (tertiary/aromatic N) is 3. The number of nitro benzene ring substituents is 1. The van der Waals surface area contributed by atoms with Gasteiger partial charge in [0.25, 0.3) is 5.69 Å². The molecule has 0 unspecified atom stereocenters. The highest BCUT2D eigenvalue weighted by atomic mass is 35.5. The van der Waals surface area contributed by atoms with Crippen LogP contribution in [0.2, 0.25) is 10.0 Å². The van der Waals surface area contributed by atoms with Gasteiger partial charge in [-0.2, -0.15) is 0 Å². The predicted octanol–water partition coefficient (Wildman–Crippen LogP) is 4.91. The molecule has 0 spiro atoms. The van der Waals surface area contributed by atoms with Gasteiger partial charge >= 0.3 is 0 Å². The first-order chi connectivity index (χ1) is 13.8. The SMILES string of the molecule is O=[N+]([O-])c1ccc(O)c(CN(Cc2ccccn2)Cc2cc(Cl)cc(Cl)c2O)c1. The smallest absolute Gasteiger partial charge is 0.270 e. The molecule has 0 atom stereocenters. The van der Waals surface area contributed by atoms with Crippen LogP contribution < -0.4 is 0 Å². The van der Waals surface area contributed by atoms with E-state index in [1.54, 1.807) is 18.3 Å². The molecular formula is C20H17Cl2N3O4. The van der Waals surface area contributed by atoms with Crippen molar-refractivity contribution in [2.45, 2.75) is 19.6 Å². The highest BCUT2D eigenvalue weighted by Gasteiger charge is 2.17. The molecule has 29 heavy (non-hydrogen) atoms. The molecule has 0 saturated heterocycles. The van der Waals surface area contributed by atoms with Gasteiger partial charge in [-0.15, -0.1) is 0 Å². The number of benzene rings is 2. The molecule has 2 N–H and O–H groups in total. The quantitative estimate of drug-likeness (QED) is 0.405. The van der Waals surface area contributed by atoms with Gasteiger partial charge in [0.05, 0.1) is 15.6 Å². The molecule has 0 amide bonds. The molecule has 1 heterocycles. The molecule has 1 aromatic heterocycles. The van der Waals surface area contributed by atoms with Crippen molar-refractivity contribution < 1.29 is 15.1 Å². The number of hydrogen-bond acceptors (Lipinski definition) is 6. The van der Waals surface area contributed by atoms with Crippen LogP contribution in [0.3, 0.4) is 0 Å². The van der Waals surface area contributed by atoms with E-state index in [9.17, 15) is 20.3 Å². The Morgan fingerprint density at radius 2 is 1.76 bits per heavy atom. The fraction of sp³-hybridized carbons (Fsp3) is 0.150. The molecule has 0 aliphatic rings. The molecule has 9 heteroatoms. The molecule has 0 aliphatic heterocycles. The summed E-state index contributed by atoms with van der Waals surface area (Å²) < 4.78 is 0. The summed E-state index contributed by atoms with van der Waals surface area (Å²) in [6.45, 7) is 0.769. The van der Waals surface area contributed by atoms with Crippen LogP contribution in [0, 0.1) is 10.1 Å². The maximum Gasteiger partial charge on any atom is 0.270 e. The number of non-ortho nitro benzene ring substituents is 1. The van der Waals surface area contributed by atoms with Crippen molar-refractivity contribution in [3.63, 3.8) is 0 Å².